The molecule has 2 rings (SSSR count). The Bertz CT molecular complexity index is 665. The first-order valence-corrected chi connectivity index (χ1v) is 7.76. The summed E-state index contributed by atoms with van der Waals surface area (Å²) in [7, 11) is -4.01. The second kappa shape index (κ2) is 5.66. The highest BCUT2D eigenvalue weighted by molar-refractivity contribution is 7.89. The molecule has 0 aromatic heterocycles. The third kappa shape index (κ3) is 3.36. The number of piperidine rings is 1. The quantitative estimate of drug-likeness (QED) is 0.842. The summed E-state index contributed by atoms with van der Waals surface area (Å²) in [6.07, 6.45) is -4.29. The van der Waals surface area contributed by atoms with Crippen LogP contribution in [0, 0.1) is 17.2 Å². The number of benzene rings is 1. The molecule has 21 heavy (non-hydrogen) atoms. The van der Waals surface area contributed by atoms with Gasteiger partial charge in [0.05, 0.1) is 22.4 Å². The van der Waals surface area contributed by atoms with E-state index in [1.807, 2.05) is 6.07 Å². The average Bonchev–Trinajstić information content (AvgIpc) is 2.46. The third-order valence-electron chi connectivity index (χ3n) is 3.45. The lowest BCUT2D eigenvalue weighted by molar-refractivity contribution is -0.182. The highest BCUT2D eigenvalue weighted by Gasteiger charge is 2.44. The van der Waals surface area contributed by atoms with Crippen LogP contribution in [-0.4, -0.2) is 32.0 Å². The smallest absolute Gasteiger partial charge is 0.207 e. The predicted molar refractivity (Wildman–Crippen MR) is 68.7 cm³/mol. The first-order valence-electron chi connectivity index (χ1n) is 6.32. The van der Waals surface area contributed by atoms with Gasteiger partial charge in [0.1, 0.15) is 0 Å². The summed E-state index contributed by atoms with van der Waals surface area (Å²) in [6.45, 7) is -0.506. The van der Waals surface area contributed by atoms with Crippen LogP contribution in [0.4, 0.5) is 13.2 Å². The van der Waals surface area contributed by atoms with Crippen molar-refractivity contribution in [2.45, 2.75) is 23.9 Å². The van der Waals surface area contributed by atoms with Gasteiger partial charge in [-0.3, -0.25) is 0 Å². The Morgan fingerprint density at radius 2 is 2.05 bits per heavy atom. The van der Waals surface area contributed by atoms with Crippen molar-refractivity contribution in [2.75, 3.05) is 13.1 Å². The van der Waals surface area contributed by atoms with Crippen LogP contribution in [-0.2, 0) is 10.0 Å². The predicted octanol–water partition coefficient (Wildman–Crippen LogP) is 2.52. The molecule has 1 heterocycles. The van der Waals surface area contributed by atoms with Crippen molar-refractivity contribution in [2.24, 2.45) is 5.92 Å². The summed E-state index contributed by atoms with van der Waals surface area (Å²) in [5, 5.41) is 8.78. The van der Waals surface area contributed by atoms with E-state index in [0.717, 1.165) is 4.31 Å². The van der Waals surface area contributed by atoms with Crippen molar-refractivity contribution in [3.63, 3.8) is 0 Å². The van der Waals surface area contributed by atoms with Crippen molar-refractivity contribution in [3.05, 3.63) is 29.8 Å². The zero-order valence-electron chi connectivity index (χ0n) is 11.0. The van der Waals surface area contributed by atoms with Crippen molar-refractivity contribution in [3.8, 4) is 6.07 Å². The van der Waals surface area contributed by atoms with E-state index in [1.165, 1.54) is 24.3 Å². The van der Waals surface area contributed by atoms with Gasteiger partial charge in [0.15, 0.2) is 0 Å². The average molecular weight is 318 g/mol. The molecule has 0 spiro atoms. The molecular weight excluding hydrogens is 305 g/mol. The summed E-state index contributed by atoms with van der Waals surface area (Å²) < 4.78 is 63.9. The second-order valence-electron chi connectivity index (χ2n) is 4.88. The van der Waals surface area contributed by atoms with Gasteiger partial charge in [-0.25, -0.2) is 8.42 Å². The number of sulfonamides is 1. The minimum absolute atomic E-state index is 0.0612. The Morgan fingerprint density at radius 1 is 1.33 bits per heavy atom. The van der Waals surface area contributed by atoms with Crippen LogP contribution in [0.1, 0.15) is 18.4 Å². The summed E-state index contributed by atoms with van der Waals surface area (Å²) in [5.41, 5.74) is 0.153. The van der Waals surface area contributed by atoms with E-state index in [2.05, 4.69) is 0 Å². The molecule has 8 heteroatoms. The van der Waals surface area contributed by atoms with Gasteiger partial charge in [0.25, 0.3) is 0 Å². The van der Waals surface area contributed by atoms with E-state index >= 15 is 0 Å². The zero-order chi connectivity index (χ0) is 15.7. The van der Waals surface area contributed by atoms with Crippen LogP contribution < -0.4 is 0 Å². The highest BCUT2D eigenvalue weighted by atomic mass is 32.2. The van der Waals surface area contributed by atoms with Gasteiger partial charge in [0, 0.05) is 13.1 Å². The molecule has 4 nitrogen and oxygen atoms in total. The first-order chi connectivity index (χ1) is 9.75. The second-order valence-corrected chi connectivity index (χ2v) is 6.82. The summed E-state index contributed by atoms with van der Waals surface area (Å²) in [6, 6.07) is 7.11. The van der Waals surface area contributed by atoms with Gasteiger partial charge in [-0.2, -0.15) is 22.7 Å². The summed E-state index contributed by atoms with van der Waals surface area (Å²) in [5.74, 6) is -1.64. The van der Waals surface area contributed by atoms with E-state index in [0.29, 0.717) is 0 Å². The number of alkyl halides is 3. The number of halogens is 3. The monoisotopic (exact) mass is 318 g/mol. The molecule has 0 aliphatic carbocycles. The molecule has 0 unspecified atom stereocenters. The van der Waals surface area contributed by atoms with Gasteiger partial charge in [-0.15, -0.1) is 0 Å². The Hall–Kier alpha value is -1.59. The summed E-state index contributed by atoms with van der Waals surface area (Å²) >= 11 is 0. The lowest BCUT2D eigenvalue weighted by Crippen LogP contribution is -2.44. The molecule has 1 aliphatic heterocycles. The Labute approximate surface area is 120 Å². The van der Waals surface area contributed by atoms with Gasteiger partial charge in [0.2, 0.25) is 10.0 Å². The van der Waals surface area contributed by atoms with E-state index in [-0.39, 0.29) is 29.8 Å². The SMILES string of the molecule is N#Cc1cccc(S(=O)(=O)N2CCC[C@H](C(F)(F)F)C2)c1. The molecule has 1 saturated heterocycles. The van der Waals surface area contributed by atoms with Gasteiger partial charge in [-0.1, -0.05) is 6.07 Å². The largest absolute Gasteiger partial charge is 0.393 e. The number of hydrogen-bond donors (Lipinski definition) is 0. The molecule has 0 bridgehead atoms. The molecule has 0 N–H and O–H groups in total. The molecule has 1 aromatic rings. The molecule has 1 aliphatic rings. The van der Waals surface area contributed by atoms with Crippen molar-refractivity contribution in [1.29, 1.82) is 5.26 Å². The Balaban J connectivity index is 2.29. The van der Waals surface area contributed by atoms with Crippen LogP contribution in [0.5, 0.6) is 0 Å². The van der Waals surface area contributed by atoms with Gasteiger partial charge < -0.3 is 0 Å². The lowest BCUT2D eigenvalue weighted by Gasteiger charge is -2.32. The fourth-order valence-electron chi connectivity index (χ4n) is 2.30. The number of nitrogens with zero attached hydrogens (tertiary/aromatic N) is 2. The molecular formula is C13H13F3N2O2S. The molecule has 1 fully saturated rings. The maximum atomic E-state index is 12.8. The van der Waals surface area contributed by atoms with Crippen LogP contribution in [0.15, 0.2) is 29.2 Å². The normalized spacial score (nSPS) is 21.0. The van der Waals surface area contributed by atoms with Crippen molar-refractivity contribution >= 4 is 10.0 Å². The Morgan fingerprint density at radius 3 is 2.67 bits per heavy atom. The third-order valence-corrected chi connectivity index (χ3v) is 5.31. The number of rotatable bonds is 2. The van der Waals surface area contributed by atoms with E-state index in [9.17, 15) is 21.6 Å². The minimum Gasteiger partial charge on any atom is -0.207 e. The summed E-state index contributed by atoms with van der Waals surface area (Å²) in [4.78, 5) is -0.149. The van der Waals surface area contributed by atoms with Crippen LogP contribution in [0.2, 0.25) is 0 Å². The zero-order valence-corrected chi connectivity index (χ0v) is 11.8. The van der Waals surface area contributed by atoms with E-state index < -0.39 is 28.7 Å². The van der Waals surface area contributed by atoms with Crippen LogP contribution in [0.25, 0.3) is 0 Å². The fourth-order valence-corrected chi connectivity index (χ4v) is 3.87. The fraction of sp³-hybridized carbons (Fsp3) is 0.462. The highest BCUT2D eigenvalue weighted by Crippen LogP contribution is 2.34. The molecule has 114 valence electrons. The van der Waals surface area contributed by atoms with Crippen molar-refractivity contribution < 1.29 is 21.6 Å². The molecule has 1 aromatic carbocycles. The van der Waals surface area contributed by atoms with E-state index in [4.69, 9.17) is 5.26 Å². The molecule has 1 atom stereocenters. The van der Waals surface area contributed by atoms with Crippen LogP contribution in [0.3, 0.4) is 0 Å². The molecule has 0 amide bonds. The Kier molecular flexibility index (Phi) is 4.25. The topological polar surface area (TPSA) is 61.2 Å². The van der Waals surface area contributed by atoms with Gasteiger partial charge >= 0.3 is 6.18 Å². The number of hydrogen-bond acceptors (Lipinski definition) is 3. The first kappa shape index (κ1) is 15.8. The van der Waals surface area contributed by atoms with Crippen LogP contribution >= 0.6 is 0 Å². The maximum absolute atomic E-state index is 12.8. The van der Waals surface area contributed by atoms with Crippen molar-refractivity contribution in [1.82, 2.24) is 4.31 Å². The molecule has 0 radical (unpaired) electrons. The maximum Gasteiger partial charge on any atom is 0.393 e. The number of nitriles is 1. The lowest BCUT2D eigenvalue weighted by atomic mass is 9.99. The van der Waals surface area contributed by atoms with E-state index in [1.54, 1.807) is 0 Å². The standard InChI is InChI=1S/C13H13F3N2O2S/c14-13(15,16)11-4-2-6-18(9-11)21(19,20)12-5-1-3-10(7-12)8-17/h1,3,5,7,11H,2,4,6,9H2/t11-/m0/s1. The molecule has 0 saturated carbocycles. The minimum atomic E-state index is -4.40. The van der Waals surface area contributed by atoms with Gasteiger partial charge in [-0.05, 0) is 31.0 Å².